The highest BCUT2D eigenvalue weighted by Gasteiger charge is 2.26. The Bertz CT molecular complexity index is 797. The fraction of sp³-hybridized carbons (Fsp3) is 0.250. The Kier molecular flexibility index (Phi) is 5.76. The van der Waals surface area contributed by atoms with Crippen molar-refractivity contribution in [1.29, 1.82) is 0 Å². The molecule has 1 saturated heterocycles. The third-order valence-corrected chi connectivity index (χ3v) is 4.46. The first-order chi connectivity index (χ1) is 12.6. The molecule has 0 unspecified atom stereocenters. The third-order valence-electron chi connectivity index (χ3n) is 4.46. The van der Waals surface area contributed by atoms with E-state index in [0.717, 1.165) is 25.2 Å². The lowest BCUT2D eigenvalue weighted by molar-refractivity contribution is -0.385. The number of carbonyl (C=O) groups is 1. The number of nitrogens with zero attached hydrogens (tertiary/aromatic N) is 3. The quantitative estimate of drug-likeness (QED) is 0.613. The highest BCUT2D eigenvalue weighted by molar-refractivity contribution is 5.98. The van der Waals surface area contributed by atoms with Crippen LogP contribution in [0.1, 0.15) is 15.9 Å². The van der Waals surface area contributed by atoms with Gasteiger partial charge in [0.2, 0.25) is 0 Å². The zero-order valence-electron chi connectivity index (χ0n) is 14.5. The maximum atomic E-state index is 12.6. The van der Waals surface area contributed by atoms with E-state index >= 15 is 0 Å². The number of carbonyl (C=O) groups excluding carboxylic acids is 1. The van der Waals surface area contributed by atoms with Gasteiger partial charge in [0.1, 0.15) is 5.56 Å². The van der Waals surface area contributed by atoms with Crippen molar-refractivity contribution in [2.24, 2.45) is 0 Å². The summed E-state index contributed by atoms with van der Waals surface area (Å²) in [6.45, 7) is 3.48. The van der Waals surface area contributed by atoms with Crippen LogP contribution in [0, 0.1) is 10.1 Å². The molecular weight excluding hydrogens is 330 g/mol. The third kappa shape index (κ3) is 4.34. The second-order valence-corrected chi connectivity index (χ2v) is 6.18. The van der Waals surface area contributed by atoms with Crippen molar-refractivity contribution in [3.8, 4) is 0 Å². The maximum Gasteiger partial charge on any atom is 0.282 e. The van der Waals surface area contributed by atoms with Crippen molar-refractivity contribution in [1.82, 2.24) is 9.80 Å². The summed E-state index contributed by atoms with van der Waals surface area (Å²) in [6.07, 6.45) is 4.21. The van der Waals surface area contributed by atoms with Gasteiger partial charge in [0, 0.05) is 38.8 Å². The van der Waals surface area contributed by atoms with E-state index in [-0.39, 0.29) is 17.2 Å². The summed E-state index contributed by atoms with van der Waals surface area (Å²) in [7, 11) is 0. The van der Waals surface area contributed by atoms with Gasteiger partial charge in [-0.25, -0.2) is 0 Å². The molecule has 0 saturated carbocycles. The molecule has 0 aromatic heterocycles. The molecule has 1 fully saturated rings. The van der Waals surface area contributed by atoms with E-state index in [0.29, 0.717) is 13.1 Å². The Morgan fingerprint density at radius 2 is 1.65 bits per heavy atom. The Morgan fingerprint density at radius 3 is 2.35 bits per heavy atom. The molecule has 2 aromatic carbocycles. The second-order valence-electron chi connectivity index (χ2n) is 6.18. The average molecular weight is 351 g/mol. The highest BCUT2D eigenvalue weighted by atomic mass is 16.6. The van der Waals surface area contributed by atoms with Gasteiger partial charge in [-0.05, 0) is 11.6 Å². The van der Waals surface area contributed by atoms with Gasteiger partial charge >= 0.3 is 0 Å². The van der Waals surface area contributed by atoms with E-state index in [9.17, 15) is 14.9 Å². The summed E-state index contributed by atoms with van der Waals surface area (Å²) in [5, 5.41) is 11.1. The first-order valence-electron chi connectivity index (χ1n) is 8.62. The molecular formula is C20H21N3O3. The standard InChI is InChI=1S/C20H21N3O3/c24-20(18-10-4-5-11-19(18)23(25)26)22-15-13-21(14-16-22)12-6-9-17-7-2-1-3-8-17/h1-11H,12-16H2/b9-6+. The molecule has 26 heavy (non-hydrogen) atoms. The van der Waals surface area contributed by atoms with Gasteiger partial charge in [-0.3, -0.25) is 19.8 Å². The minimum absolute atomic E-state index is 0.134. The van der Waals surface area contributed by atoms with E-state index in [1.54, 1.807) is 17.0 Å². The predicted molar refractivity (Wildman–Crippen MR) is 101 cm³/mol. The van der Waals surface area contributed by atoms with E-state index < -0.39 is 4.92 Å². The lowest BCUT2D eigenvalue weighted by atomic mass is 10.1. The fourth-order valence-electron chi connectivity index (χ4n) is 3.02. The molecule has 1 aliphatic heterocycles. The summed E-state index contributed by atoms with van der Waals surface area (Å²) in [4.78, 5) is 27.2. The van der Waals surface area contributed by atoms with Crippen LogP contribution in [0.2, 0.25) is 0 Å². The zero-order chi connectivity index (χ0) is 18.4. The summed E-state index contributed by atoms with van der Waals surface area (Å²) in [5.74, 6) is -0.267. The number of rotatable bonds is 5. The van der Waals surface area contributed by atoms with Crippen LogP contribution in [0.5, 0.6) is 0 Å². The van der Waals surface area contributed by atoms with Crippen LogP contribution < -0.4 is 0 Å². The second kappa shape index (κ2) is 8.40. The first-order valence-corrected chi connectivity index (χ1v) is 8.62. The average Bonchev–Trinajstić information content (AvgIpc) is 2.69. The van der Waals surface area contributed by atoms with Crippen molar-refractivity contribution in [2.75, 3.05) is 32.7 Å². The van der Waals surface area contributed by atoms with E-state index in [4.69, 9.17) is 0 Å². The van der Waals surface area contributed by atoms with Crippen LogP contribution in [-0.2, 0) is 0 Å². The number of hydrogen-bond donors (Lipinski definition) is 0. The van der Waals surface area contributed by atoms with Gasteiger partial charge in [-0.2, -0.15) is 0 Å². The lowest BCUT2D eigenvalue weighted by Gasteiger charge is -2.34. The summed E-state index contributed by atoms with van der Waals surface area (Å²) < 4.78 is 0. The summed E-state index contributed by atoms with van der Waals surface area (Å²) in [5.41, 5.74) is 1.19. The van der Waals surface area contributed by atoms with Crippen molar-refractivity contribution >= 4 is 17.7 Å². The van der Waals surface area contributed by atoms with Crippen LogP contribution in [-0.4, -0.2) is 53.4 Å². The molecule has 134 valence electrons. The fourth-order valence-corrected chi connectivity index (χ4v) is 3.02. The normalized spacial score (nSPS) is 15.3. The molecule has 1 amide bonds. The van der Waals surface area contributed by atoms with Gasteiger partial charge < -0.3 is 4.90 Å². The molecule has 1 heterocycles. The van der Waals surface area contributed by atoms with Crippen molar-refractivity contribution in [3.63, 3.8) is 0 Å². The summed E-state index contributed by atoms with van der Waals surface area (Å²) in [6, 6.07) is 16.2. The SMILES string of the molecule is O=C(c1ccccc1[N+](=O)[O-])N1CCN(C/C=C/c2ccccc2)CC1. The largest absolute Gasteiger partial charge is 0.336 e. The number of piperazine rings is 1. The topological polar surface area (TPSA) is 66.7 Å². The molecule has 2 aromatic rings. The lowest BCUT2D eigenvalue weighted by Crippen LogP contribution is -2.48. The van der Waals surface area contributed by atoms with Crippen molar-refractivity contribution < 1.29 is 9.72 Å². The number of nitro benzene ring substituents is 1. The van der Waals surface area contributed by atoms with Gasteiger partial charge in [-0.1, -0.05) is 54.6 Å². The van der Waals surface area contributed by atoms with Crippen LogP contribution >= 0.6 is 0 Å². The maximum absolute atomic E-state index is 12.6. The molecule has 0 radical (unpaired) electrons. The monoisotopic (exact) mass is 351 g/mol. The van der Waals surface area contributed by atoms with Crippen LogP contribution in [0.3, 0.4) is 0 Å². The molecule has 1 aliphatic rings. The van der Waals surface area contributed by atoms with E-state index in [1.807, 2.05) is 18.2 Å². The van der Waals surface area contributed by atoms with Crippen LogP contribution in [0.4, 0.5) is 5.69 Å². The molecule has 0 aliphatic carbocycles. The number of nitro groups is 1. The Hall–Kier alpha value is -2.99. The number of benzene rings is 2. The highest BCUT2D eigenvalue weighted by Crippen LogP contribution is 2.20. The Labute approximate surface area is 152 Å². The Balaban J connectivity index is 1.54. The van der Waals surface area contributed by atoms with E-state index in [2.05, 4.69) is 29.2 Å². The molecule has 0 N–H and O–H groups in total. The van der Waals surface area contributed by atoms with Crippen LogP contribution in [0.25, 0.3) is 6.08 Å². The van der Waals surface area contributed by atoms with Crippen molar-refractivity contribution in [2.45, 2.75) is 0 Å². The van der Waals surface area contributed by atoms with Gasteiger partial charge in [0.25, 0.3) is 11.6 Å². The van der Waals surface area contributed by atoms with Gasteiger partial charge in [0.15, 0.2) is 0 Å². The molecule has 0 spiro atoms. The zero-order valence-corrected chi connectivity index (χ0v) is 14.5. The minimum Gasteiger partial charge on any atom is -0.336 e. The van der Waals surface area contributed by atoms with Gasteiger partial charge in [-0.15, -0.1) is 0 Å². The molecule has 0 atom stereocenters. The number of hydrogen-bond acceptors (Lipinski definition) is 4. The molecule has 0 bridgehead atoms. The number of amides is 1. The number of para-hydroxylation sites is 1. The molecule has 3 rings (SSSR count). The Morgan fingerprint density at radius 1 is 1.00 bits per heavy atom. The van der Waals surface area contributed by atoms with Crippen molar-refractivity contribution in [3.05, 3.63) is 81.9 Å². The predicted octanol–water partition coefficient (Wildman–Crippen LogP) is 3.07. The van der Waals surface area contributed by atoms with E-state index in [1.165, 1.54) is 12.1 Å². The minimum atomic E-state index is -0.502. The van der Waals surface area contributed by atoms with Crippen LogP contribution in [0.15, 0.2) is 60.7 Å². The molecule has 6 nitrogen and oxygen atoms in total. The smallest absolute Gasteiger partial charge is 0.282 e. The molecule has 6 heteroatoms. The first kappa shape index (κ1) is 17.8. The van der Waals surface area contributed by atoms with Gasteiger partial charge in [0.05, 0.1) is 4.92 Å². The summed E-state index contributed by atoms with van der Waals surface area (Å²) >= 11 is 0.